The highest BCUT2D eigenvalue weighted by molar-refractivity contribution is 7.99. The maximum Gasteiger partial charge on any atom is 0.269 e. The molecule has 1 aromatic heterocycles. The van der Waals surface area contributed by atoms with Crippen molar-refractivity contribution in [3.63, 3.8) is 0 Å². The summed E-state index contributed by atoms with van der Waals surface area (Å²) in [4.78, 5) is 13.1. The molecule has 0 aliphatic heterocycles. The molecule has 0 aliphatic carbocycles. The lowest BCUT2D eigenvalue weighted by Gasteiger charge is -2.04. The van der Waals surface area contributed by atoms with Gasteiger partial charge >= 0.3 is 0 Å². The number of carbonyl (C=O) groups excluding carboxylic acids is 1. The third-order valence-corrected chi connectivity index (χ3v) is 7.30. The lowest BCUT2D eigenvalue weighted by atomic mass is 10.2. The number of sulfonamides is 1. The van der Waals surface area contributed by atoms with Crippen LogP contribution >= 0.6 is 34.7 Å². The average molecular weight is 455 g/mol. The number of hydrogen-bond donors (Lipinski definition) is 2. The quantitative estimate of drug-likeness (QED) is 0.307. The predicted molar refractivity (Wildman–Crippen MR) is 112 cm³/mol. The molecule has 0 fully saturated rings. The highest BCUT2D eigenvalue weighted by Crippen LogP contribution is 2.22. The summed E-state index contributed by atoms with van der Waals surface area (Å²) < 4.78 is 26.9. The van der Waals surface area contributed by atoms with Crippen molar-refractivity contribution in [2.24, 2.45) is 0 Å². The van der Waals surface area contributed by atoms with Crippen molar-refractivity contribution in [2.75, 3.05) is 17.6 Å². The van der Waals surface area contributed by atoms with Gasteiger partial charge in [-0.05, 0) is 36.4 Å². The zero-order chi connectivity index (χ0) is 20.0. The fourth-order valence-corrected chi connectivity index (χ4v) is 5.06. The minimum absolute atomic E-state index is 0.116. The minimum Gasteiger partial charge on any atom is -0.296 e. The lowest BCUT2D eigenvalue weighted by Crippen LogP contribution is -2.25. The molecule has 0 radical (unpaired) electrons. The molecular weight excluding hydrogens is 440 g/mol. The van der Waals surface area contributed by atoms with Crippen LogP contribution in [-0.2, 0) is 10.0 Å². The number of halogens is 1. The molecule has 3 aromatic rings. The van der Waals surface area contributed by atoms with E-state index in [0.29, 0.717) is 16.3 Å². The number of amides is 1. The van der Waals surface area contributed by atoms with Crippen LogP contribution in [0, 0.1) is 0 Å². The van der Waals surface area contributed by atoms with E-state index in [9.17, 15) is 13.2 Å². The van der Waals surface area contributed by atoms with Gasteiger partial charge in [-0.15, -0.1) is 22.0 Å². The first-order valence-electron chi connectivity index (χ1n) is 8.02. The van der Waals surface area contributed by atoms with Crippen molar-refractivity contribution >= 4 is 55.8 Å². The fraction of sp³-hybridized carbons (Fsp3) is 0.118. The van der Waals surface area contributed by atoms with Gasteiger partial charge in [-0.3, -0.25) is 10.1 Å². The van der Waals surface area contributed by atoms with Crippen LogP contribution in [0.4, 0.5) is 5.13 Å². The zero-order valence-electron chi connectivity index (χ0n) is 14.3. The maximum absolute atomic E-state index is 12.3. The Balaban J connectivity index is 1.52. The highest BCUT2D eigenvalue weighted by atomic mass is 35.5. The second-order valence-corrected chi connectivity index (χ2v) is 9.92. The number of carbonyl (C=O) groups is 1. The zero-order valence-corrected chi connectivity index (χ0v) is 17.5. The third-order valence-electron chi connectivity index (χ3n) is 3.37. The summed E-state index contributed by atoms with van der Waals surface area (Å²) >= 11 is 8.12. The summed E-state index contributed by atoms with van der Waals surface area (Å²) in [6.45, 7) is 0.223. The van der Waals surface area contributed by atoms with Gasteiger partial charge in [0.15, 0.2) is 0 Å². The van der Waals surface area contributed by atoms with Crippen LogP contribution in [-0.4, -0.2) is 36.8 Å². The molecule has 0 unspecified atom stereocenters. The Morgan fingerprint density at radius 3 is 2.50 bits per heavy atom. The van der Waals surface area contributed by atoms with Gasteiger partial charge in [0.2, 0.25) is 9.47 Å². The highest BCUT2D eigenvalue weighted by Gasteiger charge is 2.20. The summed E-state index contributed by atoms with van der Waals surface area (Å²) in [5.74, 6) is 0.157. The molecule has 11 heteroatoms. The first-order chi connectivity index (χ1) is 13.4. The van der Waals surface area contributed by atoms with Crippen molar-refractivity contribution in [1.82, 2.24) is 14.9 Å². The Hall–Kier alpha value is -1.98. The van der Waals surface area contributed by atoms with E-state index in [-0.39, 0.29) is 21.9 Å². The van der Waals surface area contributed by atoms with Crippen molar-refractivity contribution in [2.45, 2.75) is 9.24 Å². The Kier molecular flexibility index (Phi) is 7.03. The van der Waals surface area contributed by atoms with E-state index in [1.807, 2.05) is 12.1 Å². The van der Waals surface area contributed by atoms with Gasteiger partial charge in [-0.2, -0.15) is 0 Å². The standard InChI is InChI=1S/C17H15ClN4O3S3/c18-13-6-8-14(9-7-13)26-11-10-19-28(24,25)17-22-21-16(27-17)20-15(23)12-4-2-1-3-5-12/h1-9,19H,10-11H2,(H,20,21,23). The molecule has 146 valence electrons. The monoisotopic (exact) mass is 454 g/mol. The first-order valence-corrected chi connectivity index (χ1v) is 11.7. The number of anilines is 1. The van der Waals surface area contributed by atoms with Gasteiger partial charge in [-0.25, -0.2) is 13.1 Å². The summed E-state index contributed by atoms with van der Waals surface area (Å²) in [6.07, 6.45) is 0. The van der Waals surface area contributed by atoms with Crippen LogP contribution in [0.5, 0.6) is 0 Å². The SMILES string of the molecule is O=C(Nc1nnc(S(=O)(=O)NCCSc2ccc(Cl)cc2)s1)c1ccccc1. The van der Waals surface area contributed by atoms with Crippen molar-refractivity contribution in [3.8, 4) is 0 Å². The van der Waals surface area contributed by atoms with Gasteiger partial charge in [-0.1, -0.05) is 41.1 Å². The fourth-order valence-electron chi connectivity index (χ4n) is 2.07. The summed E-state index contributed by atoms with van der Waals surface area (Å²) in [6, 6.07) is 15.8. The van der Waals surface area contributed by atoms with Crippen LogP contribution in [0.3, 0.4) is 0 Å². The number of rotatable bonds is 8. The normalized spacial score (nSPS) is 11.3. The van der Waals surface area contributed by atoms with E-state index in [1.54, 1.807) is 42.5 Å². The van der Waals surface area contributed by atoms with Gasteiger partial charge < -0.3 is 0 Å². The third kappa shape index (κ3) is 5.76. The topological polar surface area (TPSA) is 101 Å². The summed E-state index contributed by atoms with van der Waals surface area (Å²) in [5.41, 5.74) is 0.444. The molecule has 1 heterocycles. The minimum atomic E-state index is -3.79. The molecule has 0 aliphatic rings. The molecule has 0 saturated heterocycles. The van der Waals surface area contributed by atoms with Gasteiger partial charge in [0, 0.05) is 27.8 Å². The van der Waals surface area contributed by atoms with Gasteiger partial charge in [0.25, 0.3) is 15.9 Å². The lowest BCUT2D eigenvalue weighted by molar-refractivity contribution is 0.102. The van der Waals surface area contributed by atoms with Crippen LogP contribution in [0.15, 0.2) is 63.8 Å². The molecule has 7 nitrogen and oxygen atoms in total. The van der Waals surface area contributed by atoms with E-state index in [1.165, 1.54) is 11.8 Å². The smallest absolute Gasteiger partial charge is 0.269 e. The number of hydrogen-bond acceptors (Lipinski definition) is 7. The largest absolute Gasteiger partial charge is 0.296 e. The Labute approximate surface area is 175 Å². The van der Waals surface area contributed by atoms with E-state index in [2.05, 4.69) is 20.2 Å². The van der Waals surface area contributed by atoms with E-state index < -0.39 is 10.0 Å². The Morgan fingerprint density at radius 1 is 1.07 bits per heavy atom. The molecule has 1 amide bonds. The van der Waals surface area contributed by atoms with E-state index in [0.717, 1.165) is 16.2 Å². The van der Waals surface area contributed by atoms with E-state index in [4.69, 9.17) is 11.6 Å². The summed E-state index contributed by atoms with van der Waals surface area (Å²) in [7, 11) is -3.79. The molecule has 2 aromatic carbocycles. The molecule has 0 bridgehead atoms. The Bertz CT molecular complexity index is 1040. The van der Waals surface area contributed by atoms with Gasteiger partial charge in [0.05, 0.1) is 0 Å². The van der Waals surface area contributed by atoms with Crippen LogP contribution in [0.2, 0.25) is 5.02 Å². The molecule has 28 heavy (non-hydrogen) atoms. The van der Waals surface area contributed by atoms with E-state index >= 15 is 0 Å². The second-order valence-electron chi connectivity index (χ2n) is 5.39. The van der Waals surface area contributed by atoms with Crippen LogP contribution < -0.4 is 10.0 Å². The van der Waals surface area contributed by atoms with Crippen LogP contribution in [0.25, 0.3) is 0 Å². The second kappa shape index (κ2) is 9.48. The van der Waals surface area contributed by atoms with Gasteiger partial charge in [0.1, 0.15) is 0 Å². The summed E-state index contributed by atoms with van der Waals surface area (Å²) in [5, 5.41) is 10.7. The Morgan fingerprint density at radius 2 is 1.79 bits per heavy atom. The van der Waals surface area contributed by atoms with Crippen molar-refractivity contribution < 1.29 is 13.2 Å². The first kappa shape index (κ1) is 20.7. The van der Waals surface area contributed by atoms with Crippen molar-refractivity contribution in [1.29, 1.82) is 0 Å². The number of aromatic nitrogens is 2. The number of nitrogens with zero attached hydrogens (tertiary/aromatic N) is 2. The molecule has 0 spiro atoms. The molecular formula is C17H15ClN4O3S3. The average Bonchev–Trinajstić information content (AvgIpc) is 3.17. The maximum atomic E-state index is 12.3. The predicted octanol–water partition coefficient (Wildman–Crippen LogP) is 3.51. The number of benzene rings is 2. The molecule has 3 rings (SSSR count). The number of nitrogens with one attached hydrogen (secondary N) is 2. The van der Waals surface area contributed by atoms with Crippen LogP contribution in [0.1, 0.15) is 10.4 Å². The molecule has 2 N–H and O–H groups in total. The molecule has 0 saturated carbocycles. The molecule has 0 atom stereocenters. The number of thioether (sulfide) groups is 1. The van der Waals surface area contributed by atoms with Crippen molar-refractivity contribution in [3.05, 3.63) is 65.2 Å².